The second-order valence-electron chi connectivity index (χ2n) is 8.70. The van der Waals surface area contributed by atoms with Gasteiger partial charge in [0.05, 0.1) is 31.3 Å². The zero-order valence-corrected chi connectivity index (χ0v) is 16.9. The van der Waals surface area contributed by atoms with E-state index < -0.39 is 0 Å². The van der Waals surface area contributed by atoms with Crippen LogP contribution in [0.3, 0.4) is 0 Å². The number of hydrogen-bond donors (Lipinski definition) is 0. The topological polar surface area (TPSA) is 60.9 Å². The Labute approximate surface area is 167 Å². The van der Waals surface area contributed by atoms with Crippen molar-refractivity contribution in [2.45, 2.75) is 63.3 Å². The van der Waals surface area contributed by atoms with Gasteiger partial charge in [-0.15, -0.1) is 0 Å². The zero-order valence-electron chi connectivity index (χ0n) is 16.9. The van der Waals surface area contributed by atoms with E-state index in [1.807, 2.05) is 17.0 Å². The van der Waals surface area contributed by atoms with Crippen LogP contribution in [-0.2, 0) is 25.6 Å². The molecule has 6 nitrogen and oxygen atoms in total. The molecule has 3 fully saturated rings. The number of amides is 1. The molecule has 2 atom stereocenters. The lowest BCUT2D eigenvalue weighted by molar-refractivity contribution is -0.171. The molecule has 1 aromatic rings. The highest BCUT2D eigenvalue weighted by Gasteiger charge is 2.48. The monoisotopic (exact) mass is 388 g/mol. The summed E-state index contributed by atoms with van der Waals surface area (Å²) in [7, 11) is 1.74. The standard InChI is InChI=1S/C22H32N2O4/c1-26-22(8-2-9-22)14-20(25)24-12-6-19-21(16-24,7-3-13-28-19)17-27-15-18-4-10-23-11-5-18/h4-5,10-11,19H,2-3,6-9,12-17H2,1H3. The Kier molecular flexibility index (Phi) is 5.99. The van der Waals surface area contributed by atoms with Crippen molar-refractivity contribution >= 4 is 5.91 Å². The molecule has 28 heavy (non-hydrogen) atoms. The lowest BCUT2D eigenvalue weighted by atomic mass is 9.72. The summed E-state index contributed by atoms with van der Waals surface area (Å²) in [5.74, 6) is 0.221. The molecule has 1 saturated carbocycles. The van der Waals surface area contributed by atoms with Crippen molar-refractivity contribution in [3.8, 4) is 0 Å². The maximum Gasteiger partial charge on any atom is 0.225 e. The maximum absolute atomic E-state index is 13.0. The number of pyridine rings is 1. The largest absolute Gasteiger partial charge is 0.378 e. The highest BCUT2D eigenvalue weighted by atomic mass is 16.5. The molecule has 4 rings (SSSR count). The summed E-state index contributed by atoms with van der Waals surface area (Å²) in [6, 6.07) is 3.96. The number of likely N-dealkylation sites (tertiary alicyclic amines) is 1. The van der Waals surface area contributed by atoms with E-state index in [4.69, 9.17) is 14.2 Å². The molecule has 2 unspecified atom stereocenters. The van der Waals surface area contributed by atoms with Gasteiger partial charge < -0.3 is 19.1 Å². The van der Waals surface area contributed by atoms with Crippen molar-refractivity contribution < 1.29 is 19.0 Å². The fourth-order valence-electron chi connectivity index (χ4n) is 4.98. The Balaban J connectivity index is 1.39. The number of rotatable bonds is 7. The predicted molar refractivity (Wildman–Crippen MR) is 105 cm³/mol. The highest BCUT2D eigenvalue weighted by Crippen LogP contribution is 2.42. The first kappa shape index (κ1) is 19.8. The van der Waals surface area contributed by atoms with E-state index in [1.165, 1.54) is 0 Å². The number of carbonyl (C=O) groups is 1. The van der Waals surface area contributed by atoms with E-state index in [0.29, 0.717) is 19.6 Å². The fourth-order valence-corrected chi connectivity index (χ4v) is 4.98. The number of methoxy groups -OCH3 is 1. The minimum Gasteiger partial charge on any atom is -0.378 e. The zero-order chi connectivity index (χ0) is 19.5. The average Bonchev–Trinajstić information content (AvgIpc) is 2.71. The number of aromatic nitrogens is 1. The SMILES string of the molecule is COC1(CC(=O)N2CCC3OCCCC3(COCc3ccncc3)C2)CCC1. The summed E-state index contributed by atoms with van der Waals surface area (Å²) in [4.78, 5) is 19.1. The van der Waals surface area contributed by atoms with Crippen molar-refractivity contribution in [2.75, 3.05) is 33.4 Å². The first-order chi connectivity index (χ1) is 13.6. The minimum absolute atomic E-state index is 0.0982. The van der Waals surface area contributed by atoms with Crippen molar-refractivity contribution in [1.29, 1.82) is 0 Å². The van der Waals surface area contributed by atoms with Crippen molar-refractivity contribution in [1.82, 2.24) is 9.88 Å². The third kappa shape index (κ3) is 4.09. The van der Waals surface area contributed by atoms with Crippen LogP contribution in [0.15, 0.2) is 24.5 Å². The highest BCUT2D eigenvalue weighted by molar-refractivity contribution is 5.77. The van der Waals surface area contributed by atoms with Crippen LogP contribution in [0.25, 0.3) is 0 Å². The van der Waals surface area contributed by atoms with Crippen LogP contribution in [-0.4, -0.2) is 60.9 Å². The smallest absolute Gasteiger partial charge is 0.225 e. The molecule has 3 heterocycles. The Morgan fingerprint density at radius 2 is 2.11 bits per heavy atom. The van der Waals surface area contributed by atoms with Gasteiger partial charge in [-0.25, -0.2) is 0 Å². The van der Waals surface area contributed by atoms with Crippen LogP contribution in [0.2, 0.25) is 0 Å². The summed E-state index contributed by atoms with van der Waals surface area (Å²) in [5, 5.41) is 0. The quantitative estimate of drug-likeness (QED) is 0.719. The summed E-state index contributed by atoms with van der Waals surface area (Å²) in [5.41, 5.74) is 0.802. The molecule has 2 saturated heterocycles. The van der Waals surface area contributed by atoms with Crippen LogP contribution in [0.5, 0.6) is 0 Å². The van der Waals surface area contributed by atoms with E-state index >= 15 is 0 Å². The third-order valence-corrected chi connectivity index (χ3v) is 6.92. The number of hydrogen-bond acceptors (Lipinski definition) is 5. The predicted octanol–water partition coefficient (Wildman–Crippen LogP) is 2.96. The number of nitrogens with zero attached hydrogens (tertiary/aromatic N) is 2. The average molecular weight is 389 g/mol. The number of fused-ring (bicyclic) bond motifs is 1. The molecule has 154 valence electrons. The number of piperidine rings is 1. The molecule has 2 aliphatic heterocycles. The van der Waals surface area contributed by atoms with E-state index in [9.17, 15) is 4.79 Å². The molecule has 1 amide bonds. The first-order valence-electron chi connectivity index (χ1n) is 10.6. The molecule has 1 aromatic heterocycles. The van der Waals surface area contributed by atoms with E-state index in [0.717, 1.165) is 63.8 Å². The van der Waals surface area contributed by atoms with E-state index in [1.54, 1.807) is 19.5 Å². The van der Waals surface area contributed by atoms with Gasteiger partial charge in [-0.05, 0) is 56.2 Å². The first-order valence-corrected chi connectivity index (χ1v) is 10.6. The molecule has 0 radical (unpaired) electrons. The van der Waals surface area contributed by atoms with Crippen LogP contribution >= 0.6 is 0 Å². The Bertz CT molecular complexity index is 658. The summed E-state index contributed by atoms with van der Waals surface area (Å²) in [6.45, 7) is 3.51. The molecule has 0 bridgehead atoms. The van der Waals surface area contributed by atoms with Gasteiger partial charge in [0.2, 0.25) is 5.91 Å². The second-order valence-corrected chi connectivity index (χ2v) is 8.70. The molecule has 0 N–H and O–H groups in total. The third-order valence-electron chi connectivity index (χ3n) is 6.92. The van der Waals surface area contributed by atoms with Crippen LogP contribution in [0.1, 0.15) is 50.5 Å². The minimum atomic E-state index is -0.220. The van der Waals surface area contributed by atoms with E-state index in [2.05, 4.69) is 4.98 Å². The van der Waals surface area contributed by atoms with Crippen LogP contribution < -0.4 is 0 Å². The Morgan fingerprint density at radius 3 is 2.82 bits per heavy atom. The van der Waals surface area contributed by atoms with Crippen molar-refractivity contribution in [2.24, 2.45) is 5.41 Å². The van der Waals surface area contributed by atoms with E-state index in [-0.39, 0.29) is 23.0 Å². The summed E-state index contributed by atoms with van der Waals surface area (Å²) < 4.78 is 17.9. The summed E-state index contributed by atoms with van der Waals surface area (Å²) in [6.07, 6.45) is 10.4. The number of carbonyl (C=O) groups excluding carboxylic acids is 1. The molecular formula is C22H32N2O4. The maximum atomic E-state index is 13.0. The van der Waals surface area contributed by atoms with Gasteiger partial charge in [-0.2, -0.15) is 0 Å². The molecule has 0 spiro atoms. The molecule has 0 aromatic carbocycles. The van der Waals surface area contributed by atoms with Crippen molar-refractivity contribution in [3.05, 3.63) is 30.1 Å². The van der Waals surface area contributed by atoms with Crippen molar-refractivity contribution in [3.63, 3.8) is 0 Å². The van der Waals surface area contributed by atoms with Gasteiger partial charge in [-0.3, -0.25) is 9.78 Å². The Hall–Kier alpha value is -1.50. The normalized spacial score (nSPS) is 29.0. The van der Waals surface area contributed by atoms with Gasteiger partial charge in [0, 0.05) is 44.6 Å². The lowest BCUT2D eigenvalue weighted by Crippen LogP contribution is -2.59. The molecule has 3 aliphatic rings. The van der Waals surface area contributed by atoms with Gasteiger partial charge in [0.15, 0.2) is 0 Å². The second kappa shape index (κ2) is 8.47. The molecular weight excluding hydrogens is 356 g/mol. The van der Waals surface area contributed by atoms with Crippen LogP contribution in [0, 0.1) is 5.41 Å². The van der Waals surface area contributed by atoms with Gasteiger partial charge in [0.25, 0.3) is 0 Å². The summed E-state index contributed by atoms with van der Waals surface area (Å²) >= 11 is 0. The van der Waals surface area contributed by atoms with Gasteiger partial charge in [0.1, 0.15) is 0 Å². The van der Waals surface area contributed by atoms with Gasteiger partial charge in [-0.1, -0.05) is 0 Å². The Morgan fingerprint density at radius 1 is 1.29 bits per heavy atom. The van der Waals surface area contributed by atoms with Crippen LogP contribution in [0.4, 0.5) is 0 Å². The molecule has 1 aliphatic carbocycles. The van der Waals surface area contributed by atoms with Gasteiger partial charge >= 0.3 is 0 Å². The lowest BCUT2D eigenvalue weighted by Gasteiger charge is -2.51. The molecule has 6 heteroatoms. The fraction of sp³-hybridized carbons (Fsp3) is 0.727. The number of ether oxygens (including phenoxy) is 3.